The maximum Gasteiger partial charge on any atom is 0.250 e. The Morgan fingerprint density at radius 1 is 0.929 bits per heavy atom. The van der Waals surface area contributed by atoms with E-state index in [0.29, 0.717) is 39.1 Å². The first-order valence-electron chi connectivity index (χ1n) is 12.8. The fourth-order valence-corrected chi connectivity index (χ4v) is 4.93. The summed E-state index contributed by atoms with van der Waals surface area (Å²) in [6.07, 6.45) is 1.54. The SMILES string of the molecule is COc1cc(/C=N\NC(=O)CSc2nnc(-c3ccc(Cl)cc3)n2-c2ccc(Cl)cc2)ccc1OCc1ccccc1. The molecular formula is C31H25Cl2N5O3S. The number of carbonyl (C=O) groups excluding carboxylic acids is 1. The van der Waals surface area contributed by atoms with E-state index in [9.17, 15) is 4.79 Å². The Hall–Kier alpha value is -4.31. The molecule has 8 nitrogen and oxygen atoms in total. The van der Waals surface area contributed by atoms with Gasteiger partial charge in [0, 0.05) is 21.3 Å². The minimum atomic E-state index is -0.301. The number of halogens is 2. The highest BCUT2D eigenvalue weighted by molar-refractivity contribution is 7.99. The van der Waals surface area contributed by atoms with E-state index < -0.39 is 0 Å². The topological polar surface area (TPSA) is 90.6 Å². The molecule has 0 aliphatic heterocycles. The molecular weight excluding hydrogens is 593 g/mol. The smallest absolute Gasteiger partial charge is 0.250 e. The quantitative estimate of drug-likeness (QED) is 0.0968. The monoisotopic (exact) mass is 617 g/mol. The zero-order chi connectivity index (χ0) is 29.3. The Labute approximate surface area is 257 Å². The number of thioether (sulfide) groups is 1. The van der Waals surface area contributed by atoms with Gasteiger partial charge in [0.25, 0.3) is 5.91 Å². The predicted molar refractivity (Wildman–Crippen MR) is 167 cm³/mol. The number of rotatable bonds is 11. The van der Waals surface area contributed by atoms with Gasteiger partial charge in [-0.2, -0.15) is 5.10 Å². The van der Waals surface area contributed by atoms with E-state index in [2.05, 4.69) is 20.7 Å². The summed E-state index contributed by atoms with van der Waals surface area (Å²) in [7, 11) is 1.58. The van der Waals surface area contributed by atoms with Crippen LogP contribution in [0.25, 0.3) is 17.1 Å². The van der Waals surface area contributed by atoms with Crippen molar-refractivity contribution in [2.24, 2.45) is 5.10 Å². The van der Waals surface area contributed by atoms with E-state index in [0.717, 1.165) is 22.4 Å². The standard InChI is InChI=1S/C31H25Cl2N5O3S/c1-40-28-17-22(7-16-27(28)41-19-21-5-3-2-4-6-21)18-34-35-29(39)20-42-31-37-36-30(23-8-10-24(32)11-9-23)38(31)26-14-12-25(33)13-15-26/h2-18H,19-20H2,1H3,(H,35,39)/b34-18-. The summed E-state index contributed by atoms with van der Waals surface area (Å²) in [5, 5.41) is 14.6. The summed E-state index contributed by atoms with van der Waals surface area (Å²) in [5.41, 5.74) is 5.99. The Morgan fingerprint density at radius 3 is 2.36 bits per heavy atom. The third-order valence-electron chi connectivity index (χ3n) is 5.98. The lowest BCUT2D eigenvalue weighted by Gasteiger charge is -2.11. The molecule has 1 N–H and O–H groups in total. The van der Waals surface area contributed by atoms with Crippen molar-refractivity contribution in [1.29, 1.82) is 0 Å². The molecule has 42 heavy (non-hydrogen) atoms. The molecule has 212 valence electrons. The van der Waals surface area contributed by atoms with Crippen LogP contribution in [0.2, 0.25) is 10.0 Å². The third-order valence-corrected chi connectivity index (χ3v) is 7.41. The molecule has 0 aliphatic carbocycles. The largest absolute Gasteiger partial charge is 0.493 e. The highest BCUT2D eigenvalue weighted by Gasteiger charge is 2.17. The number of benzene rings is 4. The Kier molecular flexibility index (Phi) is 9.76. The molecule has 0 bridgehead atoms. The van der Waals surface area contributed by atoms with Gasteiger partial charge in [-0.3, -0.25) is 9.36 Å². The van der Waals surface area contributed by atoms with Crippen molar-refractivity contribution >= 4 is 47.1 Å². The molecule has 0 spiro atoms. The summed E-state index contributed by atoms with van der Waals surface area (Å²) in [6.45, 7) is 0.422. The van der Waals surface area contributed by atoms with Crippen molar-refractivity contribution in [3.8, 4) is 28.6 Å². The van der Waals surface area contributed by atoms with E-state index in [4.69, 9.17) is 32.7 Å². The molecule has 0 unspecified atom stereocenters. The summed E-state index contributed by atoms with van der Waals surface area (Å²) in [6, 6.07) is 29.9. The highest BCUT2D eigenvalue weighted by atomic mass is 35.5. The number of amides is 1. The van der Waals surface area contributed by atoms with Gasteiger partial charge >= 0.3 is 0 Å². The maximum absolute atomic E-state index is 12.6. The lowest BCUT2D eigenvalue weighted by atomic mass is 10.2. The second kappa shape index (κ2) is 14.0. The van der Waals surface area contributed by atoms with Crippen molar-refractivity contribution < 1.29 is 14.3 Å². The molecule has 1 heterocycles. The predicted octanol–water partition coefficient (Wildman–Crippen LogP) is 7.07. The number of aromatic nitrogens is 3. The number of carbonyl (C=O) groups is 1. The van der Waals surface area contributed by atoms with Gasteiger partial charge in [0.15, 0.2) is 22.5 Å². The zero-order valence-corrected chi connectivity index (χ0v) is 24.7. The molecule has 0 saturated carbocycles. The number of hydrazone groups is 1. The van der Waals surface area contributed by atoms with Gasteiger partial charge in [-0.25, -0.2) is 5.43 Å². The van der Waals surface area contributed by atoms with Crippen molar-refractivity contribution in [2.45, 2.75) is 11.8 Å². The Balaban J connectivity index is 1.23. The normalized spacial score (nSPS) is 11.0. The second-order valence-corrected chi connectivity index (χ2v) is 10.7. The molecule has 0 fully saturated rings. The summed E-state index contributed by atoms with van der Waals surface area (Å²) in [5.74, 6) is 1.56. The highest BCUT2D eigenvalue weighted by Crippen LogP contribution is 2.30. The number of hydrogen-bond donors (Lipinski definition) is 1. The first-order valence-corrected chi connectivity index (χ1v) is 14.5. The van der Waals surface area contributed by atoms with E-state index in [1.807, 2.05) is 71.3 Å². The molecule has 0 aliphatic rings. The molecule has 5 rings (SSSR count). The minimum Gasteiger partial charge on any atom is -0.493 e. The van der Waals surface area contributed by atoms with Gasteiger partial charge in [-0.05, 0) is 77.9 Å². The average Bonchev–Trinajstić information content (AvgIpc) is 3.44. The van der Waals surface area contributed by atoms with Crippen LogP contribution in [-0.2, 0) is 11.4 Å². The Bertz CT molecular complexity index is 1680. The molecule has 11 heteroatoms. The first kappa shape index (κ1) is 29.2. The third kappa shape index (κ3) is 7.50. The molecule has 1 aromatic heterocycles. The van der Waals surface area contributed by atoms with Crippen molar-refractivity contribution in [3.05, 3.63) is 118 Å². The van der Waals surface area contributed by atoms with Gasteiger partial charge < -0.3 is 9.47 Å². The second-order valence-electron chi connectivity index (χ2n) is 8.89. The maximum atomic E-state index is 12.6. The van der Waals surface area contributed by atoms with Crippen molar-refractivity contribution in [1.82, 2.24) is 20.2 Å². The number of ether oxygens (including phenoxy) is 2. The summed E-state index contributed by atoms with van der Waals surface area (Å²) < 4.78 is 13.2. The zero-order valence-electron chi connectivity index (χ0n) is 22.4. The van der Waals surface area contributed by atoms with Crippen LogP contribution in [0.1, 0.15) is 11.1 Å². The van der Waals surface area contributed by atoms with Gasteiger partial charge in [0.2, 0.25) is 0 Å². The van der Waals surface area contributed by atoms with Gasteiger partial charge in [-0.15, -0.1) is 10.2 Å². The van der Waals surface area contributed by atoms with Crippen LogP contribution in [-0.4, -0.2) is 39.7 Å². The van der Waals surface area contributed by atoms with E-state index in [-0.39, 0.29) is 11.7 Å². The fraction of sp³-hybridized carbons (Fsp3) is 0.0968. The minimum absolute atomic E-state index is 0.0687. The average molecular weight is 619 g/mol. The van der Waals surface area contributed by atoms with Crippen molar-refractivity contribution in [3.63, 3.8) is 0 Å². The van der Waals surface area contributed by atoms with Crippen LogP contribution in [0.3, 0.4) is 0 Å². The number of nitrogens with zero attached hydrogens (tertiary/aromatic N) is 4. The Morgan fingerprint density at radius 2 is 1.64 bits per heavy atom. The summed E-state index contributed by atoms with van der Waals surface area (Å²) >= 11 is 13.4. The van der Waals surface area contributed by atoms with Crippen LogP contribution in [0, 0.1) is 0 Å². The molecule has 0 radical (unpaired) electrons. The lowest BCUT2D eigenvalue weighted by Crippen LogP contribution is -2.20. The van der Waals surface area contributed by atoms with Crippen molar-refractivity contribution in [2.75, 3.05) is 12.9 Å². The molecule has 4 aromatic carbocycles. The van der Waals surface area contributed by atoms with Crippen LogP contribution in [0.4, 0.5) is 0 Å². The lowest BCUT2D eigenvalue weighted by molar-refractivity contribution is -0.118. The first-order chi connectivity index (χ1) is 20.5. The molecule has 1 amide bonds. The molecule has 0 atom stereocenters. The fourth-order valence-electron chi connectivity index (χ4n) is 3.93. The number of nitrogens with one attached hydrogen (secondary N) is 1. The van der Waals surface area contributed by atoms with Gasteiger partial charge in [-0.1, -0.05) is 65.3 Å². The number of hydrogen-bond acceptors (Lipinski definition) is 7. The van der Waals surface area contributed by atoms with Crippen LogP contribution in [0.5, 0.6) is 11.5 Å². The van der Waals surface area contributed by atoms with Crippen LogP contribution < -0.4 is 14.9 Å². The molecule has 0 saturated heterocycles. The van der Waals surface area contributed by atoms with E-state index in [1.165, 1.54) is 11.8 Å². The molecule has 5 aromatic rings. The van der Waals surface area contributed by atoms with Gasteiger partial charge in [0.1, 0.15) is 6.61 Å². The summed E-state index contributed by atoms with van der Waals surface area (Å²) in [4.78, 5) is 12.6. The van der Waals surface area contributed by atoms with E-state index >= 15 is 0 Å². The van der Waals surface area contributed by atoms with E-state index in [1.54, 1.807) is 43.7 Å². The number of methoxy groups -OCH3 is 1. The van der Waals surface area contributed by atoms with Crippen LogP contribution in [0.15, 0.2) is 107 Å². The van der Waals surface area contributed by atoms with Gasteiger partial charge in [0.05, 0.1) is 19.1 Å². The van der Waals surface area contributed by atoms with Crippen LogP contribution >= 0.6 is 35.0 Å².